The van der Waals surface area contributed by atoms with Gasteiger partial charge in [-0.2, -0.15) is 5.26 Å². The summed E-state index contributed by atoms with van der Waals surface area (Å²) in [7, 11) is 3.43. The summed E-state index contributed by atoms with van der Waals surface area (Å²) in [6.07, 6.45) is 1.20. The van der Waals surface area contributed by atoms with Crippen LogP contribution in [0.15, 0.2) is 24.3 Å². The van der Waals surface area contributed by atoms with Gasteiger partial charge in [0, 0.05) is 38.1 Å². The van der Waals surface area contributed by atoms with Crippen LogP contribution >= 0.6 is 11.6 Å². The predicted octanol–water partition coefficient (Wildman–Crippen LogP) is 2.41. The first-order chi connectivity index (χ1) is 11.4. The van der Waals surface area contributed by atoms with Crippen molar-refractivity contribution < 1.29 is 9.59 Å². The van der Waals surface area contributed by atoms with Crippen LogP contribution in [0.25, 0.3) is 0 Å². The monoisotopic (exact) mass is 348 g/mol. The predicted molar refractivity (Wildman–Crippen MR) is 91.3 cm³/mol. The largest absolute Gasteiger partial charge is 0.336 e. The number of nitrogens with one attached hydrogen (secondary N) is 1. The molecule has 7 heteroatoms. The molecular weight excluding hydrogens is 328 g/mol. The Morgan fingerprint density at radius 1 is 1.29 bits per heavy atom. The van der Waals surface area contributed by atoms with E-state index in [1.54, 1.807) is 43.3 Å². The molecule has 1 fully saturated rings. The summed E-state index contributed by atoms with van der Waals surface area (Å²) < 4.78 is 0. The molecule has 1 saturated heterocycles. The Hall–Kier alpha value is -2.26. The fourth-order valence-corrected chi connectivity index (χ4v) is 2.85. The lowest BCUT2D eigenvalue weighted by Crippen LogP contribution is -2.46. The topological polar surface area (TPSA) is 76.4 Å². The van der Waals surface area contributed by atoms with Gasteiger partial charge in [-0.15, -0.1) is 0 Å². The molecule has 1 aromatic carbocycles. The quantitative estimate of drug-likeness (QED) is 0.911. The maximum absolute atomic E-state index is 12.4. The van der Waals surface area contributed by atoms with E-state index in [0.717, 1.165) is 0 Å². The minimum atomic E-state index is -0.698. The smallest absolute Gasteiger partial charge is 0.319 e. The lowest BCUT2D eigenvalue weighted by atomic mass is 9.95. The zero-order valence-corrected chi connectivity index (χ0v) is 14.6. The number of benzene rings is 1. The van der Waals surface area contributed by atoms with Crippen molar-refractivity contribution in [2.45, 2.75) is 18.9 Å². The third kappa shape index (κ3) is 4.39. The average Bonchev–Trinajstić information content (AvgIpc) is 2.59. The van der Waals surface area contributed by atoms with Gasteiger partial charge in [-0.25, -0.2) is 4.79 Å². The van der Waals surface area contributed by atoms with Gasteiger partial charge in [-0.1, -0.05) is 23.7 Å². The van der Waals surface area contributed by atoms with Crippen LogP contribution in [0.3, 0.4) is 0 Å². The highest BCUT2D eigenvalue weighted by Crippen LogP contribution is 2.21. The molecule has 0 spiro atoms. The molecule has 0 bridgehead atoms. The second-order valence-corrected chi connectivity index (χ2v) is 6.50. The molecule has 0 saturated carbocycles. The Labute approximate surface area is 147 Å². The Balaban J connectivity index is 1.92. The number of nitriles is 1. The van der Waals surface area contributed by atoms with Crippen molar-refractivity contribution in [3.8, 4) is 6.07 Å². The highest BCUT2D eigenvalue weighted by Gasteiger charge is 2.29. The SMILES string of the molecule is CN(C)C(=O)N1CCC(C(=O)N[C@@H](C#N)c2ccc(Cl)cc2)CC1. The first-order valence-electron chi connectivity index (χ1n) is 7.84. The maximum Gasteiger partial charge on any atom is 0.319 e. The first-order valence-corrected chi connectivity index (χ1v) is 8.22. The van der Waals surface area contributed by atoms with Gasteiger partial charge in [-0.3, -0.25) is 4.79 Å². The number of hydrogen-bond acceptors (Lipinski definition) is 3. The van der Waals surface area contributed by atoms with E-state index < -0.39 is 6.04 Å². The third-order valence-electron chi connectivity index (χ3n) is 4.14. The van der Waals surface area contributed by atoms with Gasteiger partial charge in [0.25, 0.3) is 0 Å². The van der Waals surface area contributed by atoms with Crippen LogP contribution in [0.4, 0.5) is 4.79 Å². The molecule has 0 unspecified atom stereocenters. The van der Waals surface area contributed by atoms with Gasteiger partial charge in [-0.05, 0) is 30.5 Å². The van der Waals surface area contributed by atoms with Crippen molar-refractivity contribution in [1.29, 1.82) is 5.26 Å². The van der Waals surface area contributed by atoms with E-state index in [1.165, 1.54) is 4.90 Å². The highest BCUT2D eigenvalue weighted by molar-refractivity contribution is 6.30. The molecule has 1 N–H and O–H groups in total. The van der Waals surface area contributed by atoms with Crippen molar-refractivity contribution in [3.05, 3.63) is 34.9 Å². The molecule has 1 aliphatic heterocycles. The van der Waals surface area contributed by atoms with Crippen LogP contribution in [0.1, 0.15) is 24.4 Å². The van der Waals surface area contributed by atoms with Gasteiger partial charge in [0.1, 0.15) is 6.04 Å². The number of hydrogen-bond donors (Lipinski definition) is 1. The van der Waals surface area contributed by atoms with Gasteiger partial charge in [0.15, 0.2) is 0 Å². The number of urea groups is 1. The molecule has 24 heavy (non-hydrogen) atoms. The van der Waals surface area contributed by atoms with Crippen LogP contribution in [-0.4, -0.2) is 48.9 Å². The number of amides is 3. The van der Waals surface area contributed by atoms with Crippen LogP contribution in [0.5, 0.6) is 0 Å². The summed E-state index contributed by atoms with van der Waals surface area (Å²) in [6.45, 7) is 1.10. The van der Waals surface area contributed by atoms with Crippen LogP contribution < -0.4 is 5.32 Å². The standard InChI is InChI=1S/C17H21ClN4O2/c1-21(2)17(24)22-9-7-13(8-10-22)16(23)20-15(11-19)12-3-5-14(18)6-4-12/h3-6,13,15H,7-10H2,1-2H3,(H,20,23)/t15-/m0/s1. The van der Waals surface area contributed by atoms with E-state index in [2.05, 4.69) is 11.4 Å². The lowest BCUT2D eigenvalue weighted by molar-refractivity contribution is -0.126. The molecule has 128 valence electrons. The fraction of sp³-hybridized carbons (Fsp3) is 0.471. The number of halogens is 1. The van der Waals surface area contributed by atoms with Crippen molar-refractivity contribution in [1.82, 2.24) is 15.1 Å². The molecule has 0 aliphatic carbocycles. The summed E-state index contributed by atoms with van der Waals surface area (Å²) in [5.41, 5.74) is 0.704. The summed E-state index contributed by atoms with van der Waals surface area (Å²) in [4.78, 5) is 27.6. The lowest BCUT2D eigenvalue weighted by Gasteiger charge is -2.33. The van der Waals surface area contributed by atoms with E-state index in [1.807, 2.05) is 0 Å². The zero-order valence-electron chi connectivity index (χ0n) is 13.8. The van der Waals surface area contributed by atoms with E-state index in [0.29, 0.717) is 36.5 Å². The molecule has 1 heterocycles. The van der Waals surface area contributed by atoms with Crippen LogP contribution in [0, 0.1) is 17.2 Å². The summed E-state index contributed by atoms with van der Waals surface area (Å²) in [6, 6.07) is 8.22. The fourth-order valence-electron chi connectivity index (χ4n) is 2.72. The van der Waals surface area contributed by atoms with Gasteiger partial charge < -0.3 is 15.1 Å². The van der Waals surface area contributed by atoms with Crippen molar-refractivity contribution >= 4 is 23.5 Å². The number of carbonyl (C=O) groups excluding carboxylic acids is 2. The van der Waals surface area contributed by atoms with Crippen molar-refractivity contribution in [2.75, 3.05) is 27.2 Å². The maximum atomic E-state index is 12.4. The number of carbonyl (C=O) groups is 2. The number of rotatable bonds is 3. The normalized spacial score (nSPS) is 16.2. The number of nitrogens with zero attached hydrogens (tertiary/aromatic N) is 3. The number of likely N-dealkylation sites (tertiary alicyclic amines) is 1. The molecular formula is C17H21ClN4O2. The van der Waals surface area contributed by atoms with E-state index in [-0.39, 0.29) is 17.9 Å². The zero-order chi connectivity index (χ0) is 17.7. The Kier molecular flexibility index (Phi) is 6.04. The van der Waals surface area contributed by atoms with Gasteiger partial charge in [0.2, 0.25) is 5.91 Å². The van der Waals surface area contributed by atoms with E-state index >= 15 is 0 Å². The van der Waals surface area contributed by atoms with Crippen LogP contribution in [0.2, 0.25) is 5.02 Å². The minimum absolute atomic E-state index is 0.0371. The number of piperidine rings is 1. The second-order valence-electron chi connectivity index (χ2n) is 6.06. The van der Waals surface area contributed by atoms with E-state index in [9.17, 15) is 14.9 Å². The Morgan fingerprint density at radius 3 is 2.38 bits per heavy atom. The van der Waals surface area contributed by atoms with E-state index in [4.69, 9.17) is 11.6 Å². The summed E-state index contributed by atoms with van der Waals surface area (Å²) in [5, 5.41) is 12.7. The molecule has 0 aromatic heterocycles. The average molecular weight is 349 g/mol. The molecule has 1 aliphatic rings. The van der Waals surface area contributed by atoms with Crippen LogP contribution in [-0.2, 0) is 4.79 Å². The summed E-state index contributed by atoms with van der Waals surface area (Å²) >= 11 is 5.84. The molecule has 2 rings (SSSR count). The molecule has 6 nitrogen and oxygen atoms in total. The highest BCUT2D eigenvalue weighted by atomic mass is 35.5. The van der Waals surface area contributed by atoms with Gasteiger partial charge >= 0.3 is 6.03 Å². The first kappa shape index (κ1) is 18.1. The summed E-state index contributed by atoms with van der Waals surface area (Å²) in [5.74, 6) is -0.326. The van der Waals surface area contributed by atoms with Gasteiger partial charge in [0.05, 0.1) is 6.07 Å². The van der Waals surface area contributed by atoms with Crippen molar-refractivity contribution in [3.63, 3.8) is 0 Å². The molecule has 1 atom stereocenters. The Bertz CT molecular complexity index is 631. The van der Waals surface area contributed by atoms with Crippen molar-refractivity contribution in [2.24, 2.45) is 5.92 Å². The minimum Gasteiger partial charge on any atom is -0.336 e. The molecule has 1 aromatic rings. The second kappa shape index (κ2) is 8.02. The molecule has 3 amide bonds. The Morgan fingerprint density at radius 2 is 1.88 bits per heavy atom. The molecule has 0 radical (unpaired) electrons. The third-order valence-corrected chi connectivity index (χ3v) is 4.39.